The Bertz CT molecular complexity index is 942. The van der Waals surface area contributed by atoms with Gasteiger partial charge in [-0.2, -0.15) is 0 Å². The Hall–Kier alpha value is -1.70. The van der Waals surface area contributed by atoms with Crippen LogP contribution < -0.4 is 5.32 Å². The predicted molar refractivity (Wildman–Crippen MR) is 130 cm³/mol. The van der Waals surface area contributed by atoms with Gasteiger partial charge in [0.05, 0.1) is 32.0 Å². The van der Waals surface area contributed by atoms with E-state index in [0.29, 0.717) is 0 Å². The molecule has 3 fully saturated rings. The summed E-state index contributed by atoms with van der Waals surface area (Å²) in [5.74, 6) is -5.42. The molecule has 0 aromatic heterocycles. The lowest BCUT2D eigenvalue weighted by atomic mass is 9.88. The van der Waals surface area contributed by atoms with E-state index < -0.39 is 136 Å². The number of carbonyl (C=O) groups excluding carboxylic acids is 1. The Morgan fingerprint density at radius 3 is 2.14 bits per heavy atom. The van der Waals surface area contributed by atoms with Crippen molar-refractivity contribution in [1.29, 1.82) is 0 Å². The average Bonchev–Trinajstić information content (AvgIpc) is 2.96. The fourth-order valence-electron chi connectivity index (χ4n) is 5.05. The normalized spacial score (nSPS) is 45.3. The first-order valence-electron chi connectivity index (χ1n) is 13.2. The SMILES string of the molecule is CC(=O)NC1C(O)CC(OCC2OC(OC3C(CO)OC(O)C(O)C3O)C(O)C(O)C2O)(C(=O)O)OC1C(O)C(O)CO. The topological polar surface area (TPSA) is 335 Å². The largest absolute Gasteiger partial charge is 0.477 e. The van der Waals surface area contributed by atoms with Gasteiger partial charge in [-0.15, -0.1) is 0 Å². The second-order valence-electron chi connectivity index (χ2n) is 10.5. The molecule has 0 bridgehead atoms. The highest BCUT2D eigenvalue weighted by Crippen LogP contribution is 2.35. The van der Waals surface area contributed by atoms with Crippen molar-refractivity contribution >= 4 is 11.9 Å². The number of carboxylic acid groups (broad SMARTS) is 1. The molecule has 0 spiro atoms. The van der Waals surface area contributed by atoms with Crippen LogP contribution in [0.1, 0.15) is 13.3 Å². The van der Waals surface area contributed by atoms with E-state index >= 15 is 0 Å². The molecular weight excluding hydrogens is 594 g/mol. The molecule has 3 saturated heterocycles. The van der Waals surface area contributed by atoms with Crippen molar-refractivity contribution in [3.05, 3.63) is 0 Å². The maximum atomic E-state index is 12.3. The number of carboxylic acids is 1. The molecule has 3 aliphatic rings. The van der Waals surface area contributed by atoms with Crippen molar-refractivity contribution < 1.29 is 94.6 Å². The lowest BCUT2D eigenvalue weighted by molar-refractivity contribution is -0.364. The van der Waals surface area contributed by atoms with Crippen molar-refractivity contribution in [2.75, 3.05) is 19.8 Å². The molecule has 1 amide bonds. The fraction of sp³-hybridized carbons (Fsp3) is 0.913. The minimum Gasteiger partial charge on any atom is -0.477 e. The second kappa shape index (κ2) is 14.6. The summed E-state index contributed by atoms with van der Waals surface area (Å²) < 4.78 is 26.7. The van der Waals surface area contributed by atoms with Crippen LogP contribution in [0.5, 0.6) is 0 Å². The van der Waals surface area contributed by atoms with E-state index in [1.165, 1.54) is 0 Å². The zero-order valence-corrected chi connectivity index (χ0v) is 22.7. The zero-order valence-electron chi connectivity index (χ0n) is 22.7. The van der Waals surface area contributed by atoms with Gasteiger partial charge in [-0.1, -0.05) is 0 Å². The number of aliphatic carboxylic acids is 1. The number of nitrogens with one attached hydrogen (secondary N) is 1. The molecule has 20 heteroatoms. The van der Waals surface area contributed by atoms with Gasteiger partial charge in [0.2, 0.25) is 5.91 Å². The first kappa shape index (κ1) is 35.8. The van der Waals surface area contributed by atoms with Gasteiger partial charge in [0, 0.05) is 13.3 Å². The summed E-state index contributed by atoms with van der Waals surface area (Å²) in [6.45, 7) is -1.76. The number of rotatable bonds is 11. The first-order chi connectivity index (χ1) is 20.1. The van der Waals surface area contributed by atoms with Crippen LogP contribution in [0, 0.1) is 0 Å². The van der Waals surface area contributed by atoms with Gasteiger partial charge in [0.25, 0.3) is 5.79 Å². The van der Waals surface area contributed by atoms with E-state index in [2.05, 4.69) is 5.32 Å². The molecule has 16 atom stereocenters. The van der Waals surface area contributed by atoms with E-state index in [4.69, 9.17) is 23.7 Å². The van der Waals surface area contributed by atoms with Crippen molar-refractivity contribution in [2.24, 2.45) is 0 Å². The molecule has 3 aliphatic heterocycles. The van der Waals surface area contributed by atoms with Crippen LogP contribution in [0.2, 0.25) is 0 Å². The summed E-state index contributed by atoms with van der Waals surface area (Å²) in [6.07, 6.45) is -27.0. The van der Waals surface area contributed by atoms with Gasteiger partial charge >= 0.3 is 5.97 Å². The van der Waals surface area contributed by atoms with Crippen molar-refractivity contribution in [3.8, 4) is 0 Å². The average molecular weight is 634 g/mol. The fourth-order valence-corrected chi connectivity index (χ4v) is 5.05. The number of amides is 1. The number of hydrogen-bond acceptors (Lipinski definition) is 18. The first-order valence-corrected chi connectivity index (χ1v) is 13.2. The van der Waals surface area contributed by atoms with Crippen LogP contribution >= 0.6 is 0 Å². The Labute approximate surface area is 243 Å². The summed E-state index contributed by atoms with van der Waals surface area (Å²) in [6, 6.07) is -1.48. The van der Waals surface area contributed by atoms with E-state index in [0.717, 1.165) is 6.92 Å². The Kier molecular flexibility index (Phi) is 12.1. The molecule has 0 saturated carbocycles. The maximum absolute atomic E-state index is 12.3. The number of carbonyl (C=O) groups is 2. The van der Waals surface area contributed by atoms with Crippen molar-refractivity contribution in [2.45, 2.75) is 111 Å². The van der Waals surface area contributed by atoms with E-state index in [1.807, 2.05) is 0 Å². The molecule has 3 heterocycles. The van der Waals surface area contributed by atoms with Gasteiger partial charge in [0.15, 0.2) is 12.6 Å². The molecule has 250 valence electrons. The summed E-state index contributed by atoms with van der Waals surface area (Å²) in [5, 5.41) is 123. The molecule has 20 nitrogen and oxygen atoms in total. The number of ether oxygens (including phenoxy) is 5. The third-order valence-corrected chi connectivity index (χ3v) is 7.47. The monoisotopic (exact) mass is 633 g/mol. The molecule has 43 heavy (non-hydrogen) atoms. The Morgan fingerprint density at radius 2 is 1.58 bits per heavy atom. The quantitative estimate of drug-likeness (QED) is 0.100. The van der Waals surface area contributed by atoms with Crippen LogP contribution in [0.4, 0.5) is 0 Å². The molecule has 0 aromatic rings. The van der Waals surface area contributed by atoms with E-state index in [1.54, 1.807) is 0 Å². The lowest BCUT2D eigenvalue weighted by Gasteiger charge is -2.48. The minimum atomic E-state index is -2.83. The van der Waals surface area contributed by atoms with Gasteiger partial charge < -0.3 is 90.3 Å². The van der Waals surface area contributed by atoms with Gasteiger partial charge in [-0.25, -0.2) is 4.79 Å². The smallest absolute Gasteiger partial charge is 0.364 e. The van der Waals surface area contributed by atoms with Crippen LogP contribution in [0.15, 0.2) is 0 Å². The van der Waals surface area contributed by atoms with Crippen molar-refractivity contribution in [1.82, 2.24) is 5.32 Å². The standard InChI is InChI=1S/C23H39NO19/c1-6(27)24-11-7(28)2-23(22(37)38,43-19(11)12(30)8(29)3-25)39-5-10-13(31)14(32)17(35)21(41-10)42-18-9(4-26)40-20(36)16(34)15(18)33/h7-21,25-26,28-36H,2-5H2,1H3,(H,24,27)(H,37,38). The molecule has 0 aliphatic carbocycles. The van der Waals surface area contributed by atoms with Crippen LogP contribution in [-0.2, 0) is 33.3 Å². The van der Waals surface area contributed by atoms with Crippen LogP contribution in [-0.4, -0.2) is 191 Å². The summed E-state index contributed by atoms with van der Waals surface area (Å²) in [5.41, 5.74) is 0. The third kappa shape index (κ3) is 7.58. The predicted octanol–water partition coefficient (Wildman–Crippen LogP) is -8.22. The zero-order chi connectivity index (χ0) is 32.4. The Balaban J connectivity index is 1.82. The van der Waals surface area contributed by atoms with Crippen LogP contribution in [0.3, 0.4) is 0 Å². The van der Waals surface area contributed by atoms with Gasteiger partial charge in [-0.05, 0) is 0 Å². The molecule has 0 aromatic carbocycles. The molecule has 16 unspecified atom stereocenters. The minimum absolute atomic E-state index is 0.719. The second-order valence-corrected chi connectivity index (χ2v) is 10.5. The summed E-state index contributed by atoms with van der Waals surface area (Å²) in [4.78, 5) is 24.0. The molecule has 0 radical (unpaired) electrons. The molecule has 13 N–H and O–H groups in total. The van der Waals surface area contributed by atoms with E-state index in [9.17, 15) is 70.9 Å². The lowest BCUT2D eigenvalue weighted by Crippen LogP contribution is -2.68. The summed E-state index contributed by atoms with van der Waals surface area (Å²) >= 11 is 0. The van der Waals surface area contributed by atoms with E-state index in [-0.39, 0.29) is 0 Å². The van der Waals surface area contributed by atoms with Gasteiger partial charge in [-0.3, -0.25) is 4.79 Å². The number of aliphatic hydroxyl groups excluding tert-OH is 11. The highest BCUT2D eigenvalue weighted by atomic mass is 16.8. The third-order valence-electron chi connectivity index (χ3n) is 7.47. The van der Waals surface area contributed by atoms with Crippen LogP contribution in [0.25, 0.3) is 0 Å². The maximum Gasteiger partial charge on any atom is 0.364 e. The molecule has 3 rings (SSSR count). The summed E-state index contributed by atoms with van der Waals surface area (Å²) in [7, 11) is 0. The Morgan fingerprint density at radius 1 is 0.930 bits per heavy atom. The number of hydrogen-bond donors (Lipinski definition) is 13. The van der Waals surface area contributed by atoms with Gasteiger partial charge in [0.1, 0.15) is 67.1 Å². The van der Waals surface area contributed by atoms with Crippen molar-refractivity contribution in [3.63, 3.8) is 0 Å². The highest BCUT2D eigenvalue weighted by Gasteiger charge is 2.57. The molecular formula is C23H39NO19. The number of aliphatic hydroxyl groups is 11. The highest BCUT2D eigenvalue weighted by molar-refractivity contribution is 5.76.